The van der Waals surface area contributed by atoms with Crippen LogP contribution in [0.5, 0.6) is 0 Å². The molecule has 0 aliphatic heterocycles. The number of nitrogens with zero attached hydrogens (tertiary/aromatic N) is 3. The molecule has 1 amide bonds. The Labute approximate surface area is 160 Å². The molecule has 4 aromatic rings. The topological polar surface area (TPSA) is 76.9 Å². The van der Waals surface area contributed by atoms with Crippen molar-refractivity contribution in [3.05, 3.63) is 62.8 Å². The molecular formula is C17H11ClN4O2S2. The fraction of sp³-hybridized carbons (Fsp3) is 0.0588. The van der Waals surface area contributed by atoms with Gasteiger partial charge in [-0.25, -0.2) is 9.97 Å². The highest BCUT2D eigenvalue weighted by Crippen LogP contribution is 2.26. The van der Waals surface area contributed by atoms with E-state index in [0.29, 0.717) is 20.4 Å². The number of rotatable bonds is 4. The normalized spacial score (nSPS) is 11.0. The maximum absolute atomic E-state index is 12.3. The molecule has 0 spiro atoms. The zero-order chi connectivity index (χ0) is 18.1. The van der Waals surface area contributed by atoms with Crippen LogP contribution in [-0.2, 0) is 11.3 Å². The van der Waals surface area contributed by atoms with Gasteiger partial charge in [0.15, 0.2) is 5.13 Å². The van der Waals surface area contributed by atoms with Gasteiger partial charge in [0.2, 0.25) is 5.91 Å². The molecule has 0 saturated carbocycles. The van der Waals surface area contributed by atoms with Gasteiger partial charge in [-0.2, -0.15) is 0 Å². The fourth-order valence-electron chi connectivity index (χ4n) is 2.40. The smallest absolute Gasteiger partial charge is 0.262 e. The van der Waals surface area contributed by atoms with Crippen LogP contribution in [0.1, 0.15) is 0 Å². The molecule has 26 heavy (non-hydrogen) atoms. The van der Waals surface area contributed by atoms with Gasteiger partial charge in [0.1, 0.15) is 11.4 Å². The molecule has 0 atom stereocenters. The van der Waals surface area contributed by atoms with Crippen LogP contribution >= 0.6 is 34.3 Å². The predicted octanol–water partition coefficient (Wildman–Crippen LogP) is 3.87. The predicted molar refractivity (Wildman–Crippen MR) is 105 cm³/mol. The Balaban J connectivity index is 1.49. The molecule has 6 nitrogen and oxygen atoms in total. The van der Waals surface area contributed by atoms with Gasteiger partial charge in [0, 0.05) is 16.0 Å². The number of halogens is 1. The Morgan fingerprint density at radius 2 is 2.00 bits per heavy atom. The molecule has 3 aromatic heterocycles. The summed E-state index contributed by atoms with van der Waals surface area (Å²) >= 11 is 8.59. The van der Waals surface area contributed by atoms with Crippen LogP contribution in [0.2, 0.25) is 5.02 Å². The van der Waals surface area contributed by atoms with Crippen LogP contribution in [0.3, 0.4) is 0 Å². The molecule has 1 N–H and O–H groups in total. The summed E-state index contributed by atoms with van der Waals surface area (Å²) in [6.45, 7) is -0.118. The molecule has 0 aliphatic rings. The maximum atomic E-state index is 12.3. The van der Waals surface area contributed by atoms with E-state index in [-0.39, 0.29) is 18.0 Å². The summed E-state index contributed by atoms with van der Waals surface area (Å²) in [5, 5.41) is 8.01. The second-order valence-electron chi connectivity index (χ2n) is 5.41. The van der Waals surface area contributed by atoms with Crippen molar-refractivity contribution in [3.8, 4) is 11.3 Å². The number of thiazole rings is 1. The first-order chi connectivity index (χ1) is 12.6. The van der Waals surface area contributed by atoms with E-state index < -0.39 is 0 Å². The summed E-state index contributed by atoms with van der Waals surface area (Å²) in [6.07, 6.45) is 1.39. The number of aromatic nitrogens is 3. The van der Waals surface area contributed by atoms with E-state index in [1.165, 1.54) is 33.6 Å². The summed E-state index contributed by atoms with van der Waals surface area (Å²) < 4.78 is 1.29. The van der Waals surface area contributed by atoms with Gasteiger partial charge in [0.05, 0.1) is 17.4 Å². The largest absolute Gasteiger partial charge is 0.300 e. The minimum absolute atomic E-state index is 0.118. The standard InChI is InChI=1S/C17H11ClN4O2S2/c18-11-3-1-10(2-4-11)13-8-26-17(20-13)21-14(23)7-22-9-19-15-12(16(22)24)5-6-25-15/h1-6,8-9H,7H2,(H,20,21,23). The highest BCUT2D eigenvalue weighted by Gasteiger charge is 2.11. The number of thiophene rings is 1. The van der Waals surface area contributed by atoms with Crippen LogP contribution in [0.25, 0.3) is 21.5 Å². The highest BCUT2D eigenvalue weighted by molar-refractivity contribution is 7.16. The lowest BCUT2D eigenvalue weighted by Crippen LogP contribution is -2.27. The third-order valence-corrected chi connectivity index (χ3v) is 5.49. The number of nitrogens with one attached hydrogen (secondary N) is 1. The lowest BCUT2D eigenvalue weighted by Gasteiger charge is -2.05. The van der Waals surface area contributed by atoms with E-state index in [2.05, 4.69) is 15.3 Å². The van der Waals surface area contributed by atoms with Gasteiger partial charge in [-0.05, 0) is 23.6 Å². The molecule has 1 aromatic carbocycles. The minimum atomic E-state index is -0.333. The Bertz CT molecular complexity index is 1150. The average Bonchev–Trinajstić information content (AvgIpc) is 3.28. The van der Waals surface area contributed by atoms with Crippen molar-refractivity contribution < 1.29 is 4.79 Å². The van der Waals surface area contributed by atoms with Crippen molar-refractivity contribution in [2.24, 2.45) is 0 Å². The fourth-order valence-corrected chi connectivity index (χ4v) is 3.99. The highest BCUT2D eigenvalue weighted by atomic mass is 35.5. The number of benzene rings is 1. The van der Waals surface area contributed by atoms with Gasteiger partial charge in [-0.3, -0.25) is 14.2 Å². The van der Waals surface area contributed by atoms with Crippen molar-refractivity contribution in [3.63, 3.8) is 0 Å². The molecule has 130 valence electrons. The van der Waals surface area contributed by atoms with Crippen LogP contribution < -0.4 is 10.9 Å². The molecule has 3 heterocycles. The number of carbonyl (C=O) groups is 1. The lowest BCUT2D eigenvalue weighted by molar-refractivity contribution is -0.116. The second-order valence-corrected chi connectivity index (χ2v) is 7.60. The lowest BCUT2D eigenvalue weighted by atomic mass is 10.2. The number of hydrogen-bond donors (Lipinski definition) is 1. The van der Waals surface area contributed by atoms with Gasteiger partial charge in [-0.1, -0.05) is 23.7 Å². The monoisotopic (exact) mass is 402 g/mol. The third kappa shape index (κ3) is 3.39. The number of hydrogen-bond acceptors (Lipinski definition) is 6. The zero-order valence-electron chi connectivity index (χ0n) is 13.2. The molecule has 0 radical (unpaired) electrons. The number of amides is 1. The molecule has 0 unspecified atom stereocenters. The molecule has 0 aliphatic carbocycles. The van der Waals surface area contributed by atoms with Crippen LogP contribution in [0.15, 0.2) is 52.2 Å². The summed E-state index contributed by atoms with van der Waals surface area (Å²) in [5.74, 6) is -0.333. The van der Waals surface area contributed by atoms with E-state index in [0.717, 1.165) is 11.3 Å². The third-order valence-electron chi connectivity index (χ3n) is 3.65. The van der Waals surface area contributed by atoms with Crippen LogP contribution in [0.4, 0.5) is 5.13 Å². The van der Waals surface area contributed by atoms with Gasteiger partial charge >= 0.3 is 0 Å². The average molecular weight is 403 g/mol. The minimum Gasteiger partial charge on any atom is -0.300 e. The molecule has 0 saturated heterocycles. The van der Waals surface area contributed by atoms with Gasteiger partial charge < -0.3 is 5.32 Å². The number of anilines is 1. The Kier molecular flexibility index (Phi) is 4.54. The molecule has 0 bridgehead atoms. The van der Waals surface area contributed by atoms with Gasteiger partial charge in [-0.15, -0.1) is 22.7 Å². The Morgan fingerprint density at radius 1 is 1.19 bits per heavy atom. The van der Waals surface area contributed by atoms with E-state index in [1.807, 2.05) is 17.5 Å². The van der Waals surface area contributed by atoms with Crippen molar-refractivity contribution in [2.75, 3.05) is 5.32 Å². The Hall–Kier alpha value is -2.55. The summed E-state index contributed by atoms with van der Waals surface area (Å²) in [4.78, 5) is 33.8. The van der Waals surface area contributed by atoms with Gasteiger partial charge in [0.25, 0.3) is 5.56 Å². The van der Waals surface area contributed by atoms with Crippen molar-refractivity contribution in [1.82, 2.24) is 14.5 Å². The first kappa shape index (κ1) is 16.9. The summed E-state index contributed by atoms with van der Waals surface area (Å²) in [7, 11) is 0. The van der Waals surface area contributed by atoms with E-state index >= 15 is 0 Å². The Morgan fingerprint density at radius 3 is 2.81 bits per heavy atom. The maximum Gasteiger partial charge on any atom is 0.262 e. The van der Waals surface area contributed by atoms with Crippen molar-refractivity contribution >= 4 is 55.5 Å². The van der Waals surface area contributed by atoms with E-state index in [4.69, 9.17) is 11.6 Å². The summed E-state index contributed by atoms with van der Waals surface area (Å²) in [5.41, 5.74) is 1.43. The first-order valence-corrected chi connectivity index (χ1v) is 9.68. The molecular weight excluding hydrogens is 392 g/mol. The molecule has 0 fully saturated rings. The van der Waals surface area contributed by atoms with Crippen molar-refractivity contribution in [1.29, 1.82) is 0 Å². The first-order valence-electron chi connectivity index (χ1n) is 7.54. The van der Waals surface area contributed by atoms with E-state index in [9.17, 15) is 9.59 Å². The SMILES string of the molecule is O=C(Cn1cnc2sccc2c1=O)Nc1nc(-c2ccc(Cl)cc2)cs1. The van der Waals surface area contributed by atoms with Crippen LogP contribution in [0, 0.1) is 0 Å². The quantitative estimate of drug-likeness (QED) is 0.562. The zero-order valence-corrected chi connectivity index (χ0v) is 15.6. The summed E-state index contributed by atoms with van der Waals surface area (Å²) in [6, 6.07) is 9.01. The van der Waals surface area contributed by atoms with Crippen molar-refractivity contribution in [2.45, 2.75) is 6.54 Å². The second kappa shape index (κ2) is 6.99. The molecule has 9 heteroatoms. The van der Waals surface area contributed by atoms with Crippen LogP contribution in [-0.4, -0.2) is 20.4 Å². The molecule has 4 rings (SSSR count). The number of carbonyl (C=O) groups excluding carboxylic acids is 1. The number of fused-ring (bicyclic) bond motifs is 1. The van der Waals surface area contributed by atoms with E-state index in [1.54, 1.807) is 23.6 Å².